The number of aryl methyl sites for hydroxylation is 1. The van der Waals surface area contributed by atoms with E-state index < -0.39 is 21.8 Å². The van der Waals surface area contributed by atoms with Crippen LogP contribution in [0.3, 0.4) is 0 Å². The van der Waals surface area contributed by atoms with E-state index in [9.17, 15) is 21.6 Å². The summed E-state index contributed by atoms with van der Waals surface area (Å²) in [6.07, 6.45) is -3.21. The number of benzene rings is 1. The largest absolute Gasteiger partial charge is 0.416 e. The Kier molecular flexibility index (Phi) is 3.89. The first-order chi connectivity index (χ1) is 9.59. The average Bonchev–Trinajstić information content (AvgIpc) is 2.78. The summed E-state index contributed by atoms with van der Waals surface area (Å²) in [6, 6.07) is 3.58. The van der Waals surface area contributed by atoms with Gasteiger partial charge in [-0.1, -0.05) is 11.6 Å². The lowest BCUT2D eigenvalue weighted by molar-refractivity contribution is -0.137. The molecule has 21 heavy (non-hydrogen) atoms. The molecular formula is C11H9ClF3N3O2S. The molecule has 114 valence electrons. The Balaban J connectivity index is 2.39. The SMILES string of the molecule is Cn1ccc(S(=O)(=O)Nc2cc(C(F)(F)F)ccc2Cl)n1. The molecular weight excluding hydrogens is 331 g/mol. The number of hydrogen-bond donors (Lipinski definition) is 1. The molecule has 0 aliphatic carbocycles. The van der Waals surface area contributed by atoms with Crippen molar-refractivity contribution in [2.24, 2.45) is 7.05 Å². The first kappa shape index (κ1) is 15.6. The highest BCUT2D eigenvalue weighted by atomic mass is 35.5. The van der Waals surface area contributed by atoms with Gasteiger partial charge in [-0.25, -0.2) is 0 Å². The molecule has 1 N–H and O–H groups in total. The molecule has 0 unspecified atom stereocenters. The van der Waals surface area contributed by atoms with Crippen molar-refractivity contribution >= 4 is 27.3 Å². The first-order valence-corrected chi connectivity index (χ1v) is 7.35. The maximum Gasteiger partial charge on any atom is 0.416 e. The van der Waals surface area contributed by atoms with E-state index in [1.165, 1.54) is 24.0 Å². The van der Waals surface area contributed by atoms with Crippen molar-refractivity contribution in [2.75, 3.05) is 4.72 Å². The molecule has 0 fully saturated rings. The monoisotopic (exact) mass is 339 g/mol. The first-order valence-electron chi connectivity index (χ1n) is 5.49. The van der Waals surface area contributed by atoms with Gasteiger partial charge < -0.3 is 0 Å². The van der Waals surface area contributed by atoms with Gasteiger partial charge >= 0.3 is 6.18 Å². The minimum absolute atomic E-state index is 0.150. The second-order valence-corrected chi connectivity index (χ2v) is 6.16. The third-order valence-corrected chi connectivity index (χ3v) is 4.09. The number of nitrogens with zero attached hydrogens (tertiary/aromatic N) is 2. The van der Waals surface area contributed by atoms with Crippen LogP contribution in [-0.2, 0) is 23.2 Å². The van der Waals surface area contributed by atoms with Gasteiger partial charge in [0.15, 0.2) is 5.03 Å². The van der Waals surface area contributed by atoms with Crippen molar-refractivity contribution in [1.29, 1.82) is 0 Å². The third-order valence-electron chi connectivity index (χ3n) is 2.50. The zero-order valence-electron chi connectivity index (χ0n) is 10.5. The van der Waals surface area contributed by atoms with E-state index in [0.717, 1.165) is 12.1 Å². The van der Waals surface area contributed by atoms with E-state index in [-0.39, 0.29) is 15.7 Å². The number of aromatic nitrogens is 2. The molecule has 0 saturated heterocycles. The molecule has 2 aromatic rings. The molecule has 0 atom stereocenters. The quantitative estimate of drug-likeness (QED) is 0.935. The normalized spacial score (nSPS) is 12.4. The van der Waals surface area contributed by atoms with Crippen LogP contribution in [0.1, 0.15) is 5.56 Å². The summed E-state index contributed by atoms with van der Waals surface area (Å²) in [6.45, 7) is 0. The number of rotatable bonds is 3. The number of halogens is 4. The number of anilines is 1. The molecule has 2 rings (SSSR count). The van der Waals surface area contributed by atoms with Crippen LogP contribution in [0.25, 0.3) is 0 Å². The third kappa shape index (κ3) is 3.48. The smallest absolute Gasteiger partial charge is 0.277 e. The predicted molar refractivity (Wildman–Crippen MR) is 70.5 cm³/mol. The minimum atomic E-state index is -4.60. The Hall–Kier alpha value is -1.74. The Morgan fingerprint density at radius 1 is 1.29 bits per heavy atom. The molecule has 1 heterocycles. The summed E-state index contributed by atoms with van der Waals surface area (Å²) >= 11 is 5.73. The van der Waals surface area contributed by atoms with Crippen LogP contribution >= 0.6 is 11.6 Å². The van der Waals surface area contributed by atoms with Gasteiger partial charge in [0.05, 0.1) is 16.3 Å². The van der Waals surface area contributed by atoms with Gasteiger partial charge in [-0.2, -0.15) is 26.7 Å². The maximum absolute atomic E-state index is 12.6. The molecule has 0 saturated carbocycles. The molecule has 0 bridgehead atoms. The van der Waals surface area contributed by atoms with E-state index in [0.29, 0.717) is 6.07 Å². The van der Waals surface area contributed by atoms with Crippen LogP contribution in [0.15, 0.2) is 35.5 Å². The van der Waals surface area contributed by atoms with Gasteiger partial charge in [0.1, 0.15) is 0 Å². The van der Waals surface area contributed by atoms with Crippen molar-refractivity contribution in [1.82, 2.24) is 9.78 Å². The summed E-state index contributed by atoms with van der Waals surface area (Å²) in [5.41, 5.74) is -1.37. The van der Waals surface area contributed by atoms with Crippen LogP contribution in [0.5, 0.6) is 0 Å². The van der Waals surface area contributed by atoms with Gasteiger partial charge in [0, 0.05) is 13.2 Å². The van der Waals surface area contributed by atoms with E-state index in [2.05, 4.69) is 5.10 Å². The second-order valence-electron chi connectivity index (χ2n) is 4.13. The molecule has 5 nitrogen and oxygen atoms in total. The Labute approximate surface area is 123 Å². The zero-order valence-corrected chi connectivity index (χ0v) is 12.1. The molecule has 0 aliphatic rings. The predicted octanol–water partition coefficient (Wildman–Crippen LogP) is 2.89. The Morgan fingerprint density at radius 3 is 2.48 bits per heavy atom. The fourth-order valence-electron chi connectivity index (χ4n) is 1.51. The van der Waals surface area contributed by atoms with Crippen LogP contribution in [0.2, 0.25) is 5.02 Å². The lowest BCUT2D eigenvalue weighted by Crippen LogP contribution is -2.15. The van der Waals surface area contributed by atoms with E-state index in [1.54, 1.807) is 0 Å². The van der Waals surface area contributed by atoms with E-state index in [4.69, 9.17) is 11.6 Å². The summed E-state index contributed by atoms with van der Waals surface area (Å²) in [5, 5.41) is 3.21. The number of sulfonamides is 1. The average molecular weight is 340 g/mol. The lowest BCUT2D eigenvalue weighted by Gasteiger charge is -2.11. The summed E-state index contributed by atoms with van der Waals surface area (Å²) in [5.74, 6) is 0. The van der Waals surface area contributed by atoms with Gasteiger partial charge in [-0.15, -0.1) is 0 Å². The molecule has 0 aliphatic heterocycles. The highest BCUT2D eigenvalue weighted by molar-refractivity contribution is 7.92. The standard InChI is InChI=1S/C11H9ClF3N3O2S/c1-18-5-4-10(16-18)21(19,20)17-9-6-7(11(13,14)15)2-3-8(9)12/h2-6,17H,1H3. The maximum atomic E-state index is 12.6. The summed E-state index contributed by atoms with van der Waals surface area (Å²) in [4.78, 5) is 0. The van der Waals surface area contributed by atoms with Crippen LogP contribution in [0, 0.1) is 0 Å². The van der Waals surface area contributed by atoms with Crippen LogP contribution in [-0.4, -0.2) is 18.2 Å². The van der Waals surface area contributed by atoms with Gasteiger partial charge in [0.25, 0.3) is 10.0 Å². The fraction of sp³-hybridized carbons (Fsp3) is 0.182. The molecule has 0 amide bonds. The van der Waals surface area contributed by atoms with Crippen LogP contribution < -0.4 is 4.72 Å². The Morgan fingerprint density at radius 2 is 1.95 bits per heavy atom. The van der Waals surface area contributed by atoms with Crippen molar-refractivity contribution in [3.05, 3.63) is 41.0 Å². The fourth-order valence-corrected chi connectivity index (χ4v) is 2.77. The van der Waals surface area contributed by atoms with Crippen molar-refractivity contribution < 1.29 is 21.6 Å². The highest BCUT2D eigenvalue weighted by Gasteiger charge is 2.31. The molecule has 1 aromatic heterocycles. The molecule has 0 spiro atoms. The lowest BCUT2D eigenvalue weighted by atomic mass is 10.2. The van der Waals surface area contributed by atoms with Gasteiger partial charge in [-0.05, 0) is 24.3 Å². The highest BCUT2D eigenvalue weighted by Crippen LogP contribution is 2.34. The number of nitrogens with one attached hydrogen (secondary N) is 1. The second kappa shape index (κ2) is 5.23. The van der Waals surface area contributed by atoms with Crippen LogP contribution in [0.4, 0.5) is 18.9 Å². The van der Waals surface area contributed by atoms with E-state index >= 15 is 0 Å². The van der Waals surface area contributed by atoms with Crippen molar-refractivity contribution in [3.8, 4) is 0 Å². The van der Waals surface area contributed by atoms with Crippen molar-refractivity contribution in [3.63, 3.8) is 0 Å². The van der Waals surface area contributed by atoms with Gasteiger partial charge in [-0.3, -0.25) is 9.40 Å². The topological polar surface area (TPSA) is 64.0 Å². The van der Waals surface area contributed by atoms with Gasteiger partial charge in [0.2, 0.25) is 0 Å². The molecule has 10 heteroatoms. The van der Waals surface area contributed by atoms with E-state index in [1.807, 2.05) is 4.72 Å². The Bertz CT molecular complexity index is 771. The minimum Gasteiger partial charge on any atom is -0.277 e. The number of hydrogen-bond acceptors (Lipinski definition) is 3. The summed E-state index contributed by atoms with van der Waals surface area (Å²) in [7, 11) is -2.60. The number of alkyl halides is 3. The molecule has 0 radical (unpaired) electrons. The van der Waals surface area contributed by atoms with Crippen molar-refractivity contribution in [2.45, 2.75) is 11.2 Å². The zero-order chi connectivity index (χ0) is 15.8. The molecule has 1 aromatic carbocycles. The summed E-state index contributed by atoms with van der Waals surface area (Å²) < 4.78 is 65.1.